The Hall–Kier alpha value is -2.83. The van der Waals surface area contributed by atoms with Crippen LogP contribution in [0.15, 0.2) is 24.4 Å². The van der Waals surface area contributed by atoms with E-state index in [0.717, 1.165) is 31.5 Å². The Morgan fingerprint density at radius 1 is 1.24 bits per heavy atom. The number of hydrogen-bond donors (Lipinski definition) is 3. The number of anilines is 1. The quantitative estimate of drug-likeness (QED) is 0.697. The van der Waals surface area contributed by atoms with Gasteiger partial charge < -0.3 is 15.5 Å². The van der Waals surface area contributed by atoms with Gasteiger partial charge in [0.15, 0.2) is 0 Å². The second kappa shape index (κ2) is 9.58. The number of aryl methyl sites for hydroxylation is 3. The summed E-state index contributed by atoms with van der Waals surface area (Å²) >= 11 is 0. The summed E-state index contributed by atoms with van der Waals surface area (Å²) in [6.45, 7) is 8.05. The van der Waals surface area contributed by atoms with Gasteiger partial charge in [-0.2, -0.15) is 5.10 Å². The molecule has 1 aromatic carbocycles. The molecule has 3 amide bonds. The van der Waals surface area contributed by atoms with Gasteiger partial charge in [0, 0.05) is 32.0 Å². The minimum Gasteiger partial charge on any atom is -0.342 e. The van der Waals surface area contributed by atoms with E-state index in [1.54, 1.807) is 6.20 Å². The van der Waals surface area contributed by atoms with Gasteiger partial charge in [-0.25, -0.2) is 4.79 Å². The topological polar surface area (TPSA) is 90.1 Å². The number of carbonyl (C=O) groups excluding carboxylic acids is 2. The highest BCUT2D eigenvalue weighted by Gasteiger charge is 2.27. The molecule has 3 N–H and O–H groups in total. The highest BCUT2D eigenvalue weighted by molar-refractivity contribution is 5.89. The number of urea groups is 1. The fourth-order valence-electron chi connectivity index (χ4n) is 4.10. The van der Waals surface area contributed by atoms with Gasteiger partial charge in [-0.3, -0.25) is 9.89 Å². The summed E-state index contributed by atoms with van der Waals surface area (Å²) in [5, 5.41) is 12.7. The number of hydrogen-bond acceptors (Lipinski definition) is 3. The molecule has 3 rings (SSSR count). The summed E-state index contributed by atoms with van der Waals surface area (Å²) in [4.78, 5) is 26.6. The smallest absolute Gasteiger partial charge is 0.319 e. The summed E-state index contributed by atoms with van der Waals surface area (Å²) in [6.07, 6.45) is 4.82. The highest BCUT2D eigenvalue weighted by atomic mass is 16.2. The standard InChI is InChI=1S/C22H31N5O2/c1-4-23-22(29)25-19-13-24-26-21(19)18-6-5-9-27(14-18)20(28)8-7-17-11-15(2)10-16(3)12-17/h10-13,18H,4-9,14H2,1-3H3,(H,24,26)(H2,23,25,29). The lowest BCUT2D eigenvalue weighted by Gasteiger charge is -2.32. The van der Waals surface area contributed by atoms with Gasteiger partial charge >= 0.3 is 6.03 Å². The summed E-state index contributed by atoms with van der Waals surface area (Å²) in [5.74, 6) is 0.333. The van der Waals surface area contributed by atoms with Gasteiger partial charge in [-0.15, -0.1) is 0 Å². The van der Waals surface area contributed by atoms with Gasteiger partial charge in [-0.05, 0) is 45.6 Å². The van der Waals surface area contributed by atoms with Crippen LogP contribution in [0.4, 0.5) is 10.5 Å². The van der Waals surface area contributed by atoms with Crippen LogP contribution in [0, 0.1) is 13.8 Å². The van der Waals surface area contributed by atoms with Crippen molar-refractivity contribution in [2.45, 2.75) is 52.4 Å². The SMILES string of the molecule is CCNC(=O)Nc1cn[nH]c1C1CCCN(C(=O)CCc2cc(C)cc(C)c2)C1. The van der Waals surface area contributed by atoms with Crippen molar-refractivity contribution in [1.29, 1.82) is 0 Å². The molecule has 0 spiro atoms. The number of nitrogens with zero attached hydrogens (tertiary/aromatic N) is 2. The molecule has 1 atom stereocenters. The number of aromatic nitrogens is 2. The Morgan fingerprint density at radius 2 is 2.00 bits per heavy atom. The Bertz CT molecular complexity index is 840. The van der Waals surface area contributed by atoms with E-state index in [9.17, 15) is 9.59 Å². The molecule has 0 aliphatic carbocycles. The number of H-pyrrole nitrogens is 1. The molecule has 0 radical (unpaired) electrons. The average molecular weight is 398 g/mol. The lowest BCUT2D eigenvalue weighted by atomic mass is 9.93. The van der Waals surface area contributed by atoms with Crippen LogP contribution >= 0.6 is 0 Å². The van der Waals surface area contributed by atoms with Crippen molar-refractivity contribution in [2.75, 3.05) is 25.0 Å². The van der Waals surface area contributed by atoms with Gasteiger partial charge in [-0.1, -0.05) is 29.3 Å². The first-order chi connectivity index (χ1) is 14.0. The van der Waals surface area contributed by atoms with Crippen LogP contribution in [0.3, 0.4) is 0 Å². The first kappa shape index (κ1) is 20.9. The van der Waals surface area contributed by atoms with Crippen molar-refractivity contribution in [3.63, 3.8) is 0 Å². The number of amides is 3. The van der Waals surface area contributed by atoms with Crippen LogP contribution < -0.4 is 10.6 Å². The van der Waals surface area contributed by atoms with Crippen molar-refractivity contribution < 1.29 is 9.59 Å². The van der Waals surface area contributed by atoms with Crippen LogP contribution in [-0.2, 0) is 11.2 Å². The molecule has 29 heavy (non-hydrogen) atoms. The average Bonchev–Trinajstić information content (AvgIpc) is 3.13. The van der Waals surface area contributed by atoms with E-state index in [0.29, 0.717) is 25.2 Å². The maximum atomic E-state index is 12.8. The predicted octanol–water partition coefficient (Wildman–Crippen LogP) is 3.51. The van der Waals surface area contributed by atoms with Crippen LogP contribution in [0.5, 0.6) is 0 Å². The molecule has 7 nitrogen and oxygen atoms in total. The van der Waals surface area contributed by atoms with Gasteiger partial charge in [0.05, 0.1) is 17.6 Å². The van der Waals surface area contributed by atoms with Crippen molar-refractivity contribution in [1.82, 2.24) is 20.4 Å². The van der Waals surface area contributed by atoms with Gasteiger partial charge in [0.2, 0.25) is 5.91 Å². The van der Waals surface area contributed by atoms with Crippen molar-refractivity contribution in [3.8, 4) is 0 Å². The Kier molecular flexibility index (Phi) is 6.90. The van der Waals surface area contributed by atoms with E-state index in [1.165, 1.54) is 16.7 Å². The fraction of sp³-hybridized carbons (Fsp3) is 0.500. The summed E-state index contributed by atoms with van der Waals surface area (Å²) < 4.78 is 0. The number of aromatic amines is 1. The monoisotopic (exact) mass is 397 g/mol. The van der Waals surface area contributed by atoms with Crippen LogP contribution in [0.1, 0.15) is 54.5 Å². The first-order valence-corrected chi connectivity index (χ1v) is 10.4. The molecule has 1 unspecified atom stereocenters. The van der Waals surface area contributed by atoms with Gasteiger partial charge in [0.1, 0.15) is 0 Å². The first-order valence-electron chi connectivity index (χ1n) is 10.4. The maximum absolute atomic E-state index is 12.8. The van der Waals surface area contributed by atoms with Crippen LogP contribution in [0.25, 0.3) is 0 Å². The summed E-state index contributed by atoms with van der Waals surface area (Å²) in [5.41, 5.74) is 5.26. The number of nitrogens with one attached hydrogen (secondary N) is 3. The van der Waals surface area contributed by atoms with E-state index in [-0.39, 0.29) is 17.9 Å². The van der Waals surface area contributed by atoms with E-state index in [1.807, 2.05) is 11.8 Å². The third kappa shape index (κ3) is 5.59. The minimum atomic E-state index is -0.243. The fourth-order valence-corrected chi connectivity index (χ4v) is 4.10. The second-order valence-electron chi connectivity index (χ2n) is 7.86. The Morgan fingerprint density at radius 3 is 2.72 bits per heavy atom. The lowest BCUT2D eigenvalue weighted by Crippen LogP contribution is -2.39. The molecule has 1 fully saturated rings. The highest BCUT2D eigenvalue weighted by Crippen LogP contribution is 2.30. The molecule has 0 bridgehead atoms. The van der Waals surface area contributed by atoms with Crippen LogP contribution in [-0.4, -0.2) is 46.7 Å². The molecule has 1 saturated heterocycles. The third-order valence-electron chi connectivity index (χ3n) is 5.35. The molecule has 7 heteroatoms. The number of rotatable bonds is 6. The van der Waals surface area contributed by atoms with E-state index >= 15 is 0 Å². The van der Waals surface area contributed by atoms with Crippen molar-refractivity contribution in [2.24, 2.45) is 0 Å². The zero-order chi connectivity index (χ0) is 20.8. The lowest BCUT2D eigenvalue weighted by molar-refractivity contribution is -0.132. The molecular weight excluding hydrogens is 366 g/mol. The number of carbonyl (C=O) groups is 2. The molecule has 0 saturated carbocycles. The van der Waals surface area contributed by atoms with E-state index in [4.69, 9.17) is 0 Å². The van der Waals surface area contributed by atoms with E-state index < -0.39 is 0 Å². The van der Waals surface area contributed by atoms with Crippen molar-refractivity contribution in [3.05, 3.63) is 46.8 Å². The Balaban J connectivity index is 1.60. The van der Waals surface area contributed by atoms with Crippen molar-refractivity contribution >= 4 is 17.6 Å². The number of piperidine rings is 1. The maximum Gasteiger partial charge on any atom is 0.319 e. The molecule has 2 aromatic rings. The molecular formula is C22H31N5O2. The summed E-state index contributed by atoms with van der Waals surface area (Å²) in [7, 11) is 0. The molecule has 1 aromatic heterocycles. The molecule has 2 heterocycles. The predicted molar refractivity (Wildman–Crippen MR) is 114 cm³/mol. The zero-order valence-electron chi connectivity index (χ0n) is 17.5. The zero-order valence-corrected chi connectivity index (χ0v) is 17.5. The molecule has 1 aliphatic rings. The molecule has 1 aliphatic heterocycles. The largest absolute Gasteiger partial charge is 0.342 e. The normalized spacial score (nSPS) is 16.5. The number of likely N-dealkylation sites (tertiary alicyclic amines) is 1. The summed E-state index contributed by atoms with van der Waals surface area (Å²) in [6, 6.07) is 6.22. The Labute approximate surface area is 172 Å². The van der Waals surface area contributed by atoms with Gasteiger partial charge in [0.25, 0.3) is 0 Å². The minimum absolute atomic E-state index is 0.147. The van der Waals surface area contributed by atoms with E-state index in [2.05, 4.69) is 52.9 Å². The number of benzene rings is 1. The third-order valence-corrected chi connectivity index (χ3v) is 5.35. The second-order valence-corrected chi connectivity index (χ2v) is 7.86. The van der Waals surface area contributed by atoms with Crippen LogP contribution in [0.2, 0.25) is 0 Å². The molecule has 156 valence electrons.